The lowest BCUT2D eigenvalue weighted by atomic mass is 10.1. The summed E-state index contributed by atoms with van der Waals surface area (Å²) >= 11 is 6.07. The van der Waals surface area contributed by atoms with Crippen LogP contribution in [-0.2, 0) is 0 Å². The zero-order chi connectivity index (χ0) is 19.3. The third-order valence-corrected chi connectivity index (χ3v) is 3.72. The Labute approximate surface area is 156 Å². The summed E-state index contributed by atoms with van der Waals surface area (Å²) in [6.45, 7) is 3.17. The van der Waals surface area contributed by atoms with Gasteiger partial charge in [0.05, 0.1) is 12.1 Å². The normalized spacial score (nSPS) is 11.0. The van der Waals surface area contributed by atoms with Gasteiger partial charge in [-0.3, -0.25) is 9.59 Å². The van der Waals surface area contributed by atoms with Crippen molar-refractivity contribution in [2.24, 2.45) is 0 Å². The van der Waals surface area contributed by atoms with E-state index in [1.165, 1.54) is 18.2 Å². The zero-order valence-corrected chi connectivity index (χ0v) is 15.5. The summed E-state index contributed by atoms with van der Waals surface area (Å²) in [6.07, 6.45) is 0. The Kier molecular flexibility index (Phi) is 6.18. The molecule has 138 valence electrons. The van der Waals surface area contributed by atoms with Crippen molar-refractivity contribution in [2.45, 2.75) is 19.4 Å². The number of hydrogen-bond acceptors (Lipinski definition) is 5. The van der Waals surface area contributed by atoms with E-state index in [4.69, 9.17) is 11.6 Å². The molecular weight excluding hydrogens is 356 g/mol. The molecule has 0 fully saturated rings. The van der Waals surface area contributed by atoms with E-state index in [9.17, 15) is 14.7 Å². The standard InChI is InChI=1S/C18H21ClN4O3/c1-18(2,10-24)23-16(25)11-7-12(19)9-13(8-11)21-17(26)14-5-4-6-15(20-3)22-14/h4-9,24H,10H2,1-3H3,(H,20,22)(H,21,26)(H,23,25). The van der Waals surface area contributed by atoms with Gasteiger partial charge >= 0.3 is 0 Å². The maximum absolute atomic E-state index is 12.4. The van der Waals surface area contributed by atoms with Crippen LogP contribution in [0.25, 0.3) is 0 Å². The SMILES string of the molecule is CNc1cccc(C(=O)Nc2cc(Cl)cc(C(=O)NC(C)(C)CO)c2)n1. The highest BCUT2D eigenvalue weighted by molar-refractivity contribution is 6.31. The number of aromatic nitrogens is 1. The van der Waals surface area contributed by atoms with Crippen LogP contribution in [-0.4, -0.2) is 41.1 Å². The number of carbonyl (C=O) groups excluding carboxylic acids is 2. The maximum Gasteiger partial charge on any atom is 0.274 e. The molecule has 0 aliphatic rings. The fraction of sp³-hybridized carbons (Fsp3) is 0.278. The van der Waals surface area contributed by atoms with E-state index >= 15 is 0 Å². The first-order chi connectivity index (χ1) is 12.2. The first kappa shape index (κ1) is 19.7. The molecule has 2 rings (SSSR count). The Morgan fingerprint density at radius 1 is 1.19 bits per heavy atom. The van der Waals surface area contributed by atoms with Crippen molar-refractivity contribution >= 4 is 34.9 Å². The molecule has 0 radical (unpaired) electrons. The molecule has 1 aromatic heterocycles. The summed E-state index contributed by atoms with van der Waals surface area (Å²) < 4.78 is 0. The molecule has 8 heteroatoms. The summed E-state index contributed by atoms with van der Waals surface area (Å²) in [7, 11) is 1.71. The molecule has 26 heavy (non-hydrogen) atoms. The number of carbonyl (C=O) groups is 2. The number of nitrogens with zero attached hydrogens (tertiary/aromatic N) is 1. The molecule has 4 N–H and O–H groups in total. The van der Waals surface area contributed by atoms with Crippen LogP contribution in [0.4, 0.5) is 11.5 Å². The van der Waals surface area contributed by atoms with Crippen molar-refractivity contribution in [3.05, 3.63) is 52.7 Å². The Balaban J connectivity index is 2.21. The van der Waals surface area contributed by atoms with E-state index in [1.807, 2.05) is 0 Å². The smallest absolute Gasteiger partial charge is 0.274 e. The number of aliphatic hydroxyl groups is 1. The summed E-state index contributed by atoms with van der Waals surface area (Å²) in [4.78, 5) is 28.9. The minimum atomic E-state index is -0.777. The highest BCUT2D eigenvalue weighted by Crippen LogP contribution is 2.20. The van der Waals surface area contributed by atoms with E-state index in [-0.39, 0.29) is 17.9 Å². The van der Waals surface area contributed by atoms with Gasteiger partial charge in [0.1, 0.15) is 11.5 Å². The third kappa shape index (κ3) is 5.18. The van der Waals surface area contributed by atoms with Crippen molar-refractivity contribution in [1.29, 1.82) is 0 Å². The minimum Gasteiger partial charge on any atom is -0.394 e. The number of aliphatic hydroxyl groups excluding tert-OH is 1. The van der Waals surface area contributed by atoms with E-state index in [1.54, 1.807) is 39.1 Å². The van der Waals surface area contributed by atoms with E-state index in [2.05, 4.69) is 20.9 Å². The van der Waals surface area contributed by atoms with Crippen molar-refractivity contribution in [2.75, 3.05) is 24.3 Å². The molecule has 0 aliphatic heterocycles. The Morgan fingerprint density at radius 3 is 2.58 bits per heavy atom. The lowest BCUT2D eigenvalue weighted by Crippen LogP contribution is -2.46. The molecule has 1 heterocycles. The Bertz CT molecular complexity index is 824. The van der Waals surface area contributed by atoms with Gasteiger partial charge in [0.15, 0.2) is 0 Å². The van der Waals surface area contributed by atoms with Gasteiger partial charge in [-0.1, -0.05) is 17.7 Å². The van der Waals surface area contributed by atoms with Gasteiger partial charge in [0.25, 0.3) is 11.8 Å². The Morgan fingerprint density at radius 2 is 1.92 bits per heavy atom. The highest BCUT2D eigenvalue weighted by atomic mass is 35.5. The minimum absolute atomic E-state index is 0.212. The van der Waals surface area contributed by atoms with Crippen LogP contribution in [0.15, 0.2) is 36.4 Å². The molecule has 7 nitrogen and oxygen atoms in total. The summed E-state index contributed by atoms with van der Waals surface area (Å²) in [5.74, 6) is -0.265. The number of nitrogens with one attached hydrogen (secondary N) is 3. The van der Waals surface area contributed by atoms with E-state index < -0.39 is 17.4 Å². The lowest BCUT2D eigenvalue weighted by Gasteiger charge is -2.23. The van der Waals surface area contributed by atoms with Crippen LogP contribution < -0.4 is 16.0 Å². The van der Waals surface area contributed by atoms with Crippen LogP contribution in [0.1, 0.15) is 34.7 Å². The van der Waals surface area contributed by atoms with Crippen LogP contribution in [0.5, 0.6) is 0 Å². The average molecular weight is 377 g/mol. The molecule has 2 aromatic rings. The molecular formula is C18H21ClN4O3. The maximum atomic E-state index is 12.4. The average Bonchev–Trinajstić information content (AvgIpc) is 2.60. The number of anilines is 2. The van der Waals surface area contributed by atoms with Crippen LogP contribution in [0.2, 0.25) is 5.02 Å². The summed E-state index contributed by atoms with van der Waals surface area (Å²) in [5.41, 5.74) is 0.0852. The number of rotatable bonds is 6. The van der Waals surface area contributed by atoms with Gasteiger partial charge in [-0.25, -0.2) is 4.98 Å². The van der Waals surface area contributed by atoms with Crippen molar-refractivity contribution in [1.82, 2.24) is 10.3 Å². The van der Waals surface area contributed by atoms with Gasteiger partial charge < -0.3 is 21.1 Å². The largest absolute Gasteiger partial charge is 0.394 e. The van der Waals surface area contributed by atoms with E-state index in [0.717, 1.165) is 0 Å². The molecule has 2 amide bonds. The third-order valence-electron chi connectivity index (χ3n) is 3.50. The van der Waals surface area contributed by atoms with Gasteiger partial charge in [0, 0.05) is 23.3 Å². The van der Waals surface area contributed by atoms with Crippen molar-refractivity contribution < 1.29 is 14.7 Å². The number of amides is 2. The predicted molar refractivity (Wildman–Crippen MR) is 102 cm³/mol. The zero-order valence-electron chi connectivity index (χ0n) is 14.8. The second-order valence-corrected chi connectivity index (χ2v) is 6.77. The lowest BCUT2D eigenvalue weighted by molar-refractivity contribution is 0.0868. The molecule has 0 atom stereocenters. The fourth-order valence-corrected chi connectivity index (χ4v) is 2.34. The van der Waals surface area contributed by atoms with Gasteiger partial charge in [-0.2, -0.15) is 0 Å². The van der Waals surface area contributed by atoms with Gasteiger partial charge in [0.2, 0.25) is 0 Å². The number of benzene rings is 1. The topological polar surface area (TPSA) is 103 Å². The molecule has 1 aromatic carbocycles. The van der Waals surface area contributed by atoms with Gasteiger partial charge in [-0.15, -0.1) is 0 Å². The van der Waals surface area contributed by atoms with Crippen LogP contribution in [0, 0.1) is 0 Å². The van der Waals surface area contributed by atoms with Crippen LogP contribution >= 0.6 is 11.6 Å². The second kappa shape index (κ2) is 8.16. The predicted octanol–water partition coefficient (Wildman–Crippen LogP) is 2.53. The molecule has 0 unspecified atom stereocenters. The second-order valence-electron chi connectivity index (χ2n) is 6.34. The molecule has 0 bridgehead atoms. The van der Waals surface area contributed by atoms with Crippen LogP contribution in [0.3, 0.4) is 0 Å². The van der Waals surface area contributed by atoms with Gasteiger partial charge in [-0.05, 0) is 44.2 Å². The fourth-order valence-electron chi connectivity index (χ4n) is 2.11. The van der Waals surface area contributed by atoms with E-state index in [0.29, 0.717) is 16.5 Å². The summed E-state index contributed by atoms with van der Waals surface area (Å²) in [5, 5.41) is 17.8. The molecule has 0 aliphatic carbocycles. The Hall–Kier alpha value is -2.64. The molecule has 0 spiro atoms. The molecule has 0 saturated carbocycles. The molecule has 0 saturated heterocycles. The monoisotopic (exact) mass is 376 g/mol. The quantitative estimate of drug-likeness (QED) is 0.620. The summed E-state index contributed by atoms with van der Waals surface area (Å²) in [6, 6.07) is 9.56. The first-order valence-electron chi connectivity index (χ1n) is 7.94. The highest BCUT2D eigenvalue weighted by Gasteiger charge is 2.21. The van der Waals surface area contributed by atoms with Crippen molar-refractivity contribution in [3.8, 4) is 0 Å². The number of pyridine rings is 1. The first-order valence-corrected chi connectivity index (χ1v) is 8.32. The number of halogens is 1. The number of hydrogen-bond donors (Lipinski definition) is 4. The van der Waals surface area contributed by atoms with Crippen molar-refractivity contribution in [3.63, 3.8) is 0 Å².